The molecule has 0 atom stereocenters. The molecule has 5 aromatic rings. The first-order chi connectivity index (χ1) is 18.6. The fourth-order valence-electron chi connectivity index (χ4n) is 5.17. The van der Waals surface area contributed by atoms with Crippen LogP contribution in [0.3, 0.4) is 0 Å². The standard InChI is InChI=1S/C34H28O4/c1-35-27-15-10-25(11-16-27)34(26-12-17-28(36-2)18-13-26)20-19-30-31(23-7-5-4-6-8-23)21-24-9-14-29(37-3)22-32(24)33(30)38-34/h4-22H,1-3H3. The van der Waals surface area contributed by atoms with E-state index in [0.29, 0.717) is 0 Å². The van der Waals surface area contributed by atoms with Crippen LogP contribution in [-0.2, 0) is 5.60 Å². The number of hydrogen-bond acceptors (Lipinski definition) is 4. The van der Waals surface area contributed by atoms with E-state index in [0.717, 1.165) is 61.6 Å². The van der Waals surface area contributed by atoms with Crippen molar-refractivity contribution in [3.8, 4) is 34.1 Å². The fraction of sp³-hybridized carbons (Fsp3) is 0.118. The average Bonchev–Trinajstić information content (AvgIpc) is 3.00. The molecule has 0 saturated carbocycles. The second kappa shape index (κ2) is 9.64. The van der Waals surface area contributed by atoms with Gasteiger partial charge in [-0.15, -0.1) is 0 Å². The Balaban J connectivity index is 1.63. The normalized spacial score (nSPS) is 13.4. The third kappa shape index (κ3) is 3.95. The predicted molar refractivity (Wildman–Crippen MR) is 152 cm³/mol. The van der Waals surface area contributed by atoms with E-state index in [2.05, 4.69) is 78.9 Å². The molecule has 0 saturated heterocycles. The monoisotopic (exact) mass is 500 g/mol. The molecule has 0 amide bonds. The van der Waals surface area contributed by atoms with E-state index < -0.39 is 5.60 Å². The van der Waals surface area contributed by atoms with E-state index in [1.165, 1.54) is 0 Å². The Morgan fingerprint density at radius 2 is 1.18 bits per heavy atom. The van der Waals surface area contributed by atoms with Crippen molar-refractivity contribution in [2.24, 2.45) is 0 Å². The minimum atomic E-state index is -0.864. The Morgan fingerprint density at radius 1 is 0.605 bits per heavy atom. The molecule has 0 N–H and O–H groups in total. The summed E-state index contributed by atoms with van der Waals surface area (Å²) in [5, 5.41) is 2.08. The number of methoxy groups -OCH3 is 3. The molecule has 0 spiro atoms. The van der Waals surface area contributed by atoms with Gasteiger partial charge in [-0.1, -0.05) is 60.7 Å². The second-order valence-corrected chi connectivity index (χ2v) is 9.25. The maximum Gasteiger partial charge on any atom is 0.178 e. The topological polar surface area (TPSA) is 36.9 Å². The highest BCUT2D eigenvalue weighted by Crippen LogP contribution is 2.49. The molecule has 188 valence electrons. The van der Waals surface area contributed by atoms with Gasteiger partial charge in [0.15, 0.2) is 5.60 Å². The third-order valence-corrected chi connectivity index (χ3v) is 7.21. The number of rotatable bonds is 6. The fourth-order valence-corrected chi connectivity index (χ4v) is 5.17. The lowest BCUT2D eigenvalue weighted by atomic mass is 9.82. The summed E-state index contributed by atoms with van der Waals surface area (Å²) in [6.45, 7) is 0. The summed E-state index contributed by atoms with van der Waals surface area (Å²) in [5.41, 5.74) is 4.41. The molecule has 0 unspecified atom stereocenters. The van der Waals surface area contributed by atoms with E-state index in [1.54, 1.807) is 21.3 Å². The second-order valence-electron chi connectivity index (χ2n) is 9.25. The zero-order valence-electron chi connectivity index (χ0n) is 21.6. The van der Waals surface area contributed by atoms with E-state index in [4.69, 9.17) is 18.9 Å². The highest BCUT2D eigenvalue weighted by molar-refractivity contribution is 5.99. The lowest BCUT2D eigenvalue weighted by molar-refractivity contribution is 0.163. The Labute approximate surface area is 222 Å². The van der Waals surface area contributed by atoms with Crippen LogP contribution in [0.15, 0.2) is 109 Å². The van der Waals surface area contributed by atoms with Crippen LogP contribution in [0.5, 0.6) is 23.0 Å². The van der Waals surface area contributed by atoms with Gasteiger partial charge in [-0.05, 0) is 71.1 Å². The maximum atomic E-state index is 7.19. The van der Waals surface area contributed by atoms with Crippen LogP contribution in [0.4, 0.5) is 0 Å². The smallest absolute Gasteiger partial charge is 0.178 e. The summed E-state index contributed by atoms with van der Waals surface area (Å²) < 4.78 is 23.7. The van der Waals surface area contributed by atoms with Crippen LogP contribution < -0.4 is 18.9 Å². The van der Waals surface area contributed by atoms with E-state index in [1.807, 2.05) is 36.4 Å². The highest BCUT2D eigenvalue weighted by atomic mass is 16.5. The van der Waals surface area contributed by atoms with Crippen molar-refractivity contribution in [3.63, 3.8) is 0 Å². The molecule has 0 bridgehead atoms. The molecule has 5 aromatic carbocycles. The molecular weight excluding hydrogens is 472 g/mol. The Bertz CT molecular complexity index is 1570. The molecule has 1 aliphatic rings. The lowest BCUT2D eigenvalue weighted by Gasteiger charge is -2.37. The van der Waals surface area contributed by atoms with Crippen molar-refractivity contribution >= 4 is 16.8 Å². The quantitative estimate of drug-likeness (QED) is 0.238. The number of hydrogen-bond donors (Lipinski definition) is 0. The van der Waals surface area contributed by atoms with Crippen molar-refractivity contribution in [1.82, 2.24) is 0 Å². The zero-order valence-corrected chi connectivity index (χ0v) is 21.6. The van der Waals surface area contributed by atoms with Crippen LogP contribution in [0.2, 0.25) is 0 Å². The van der Waals surface area contributed by atoms with Gasteiger partial charge >= 0.3 is 0 Å². The third-order valence-electron chi connectivity index (χ3n) is 7.21. The van der Waals surface area contributed by atoms with Crippen molar-refractivity contribution in [2.45, 2.75) is 5.60 Å². The number of fused-ring (bicyclic) bond motifs is 3. The maximum absolute atomic E-state index is 7.19. The van der Waals surface area contributed by atoms with Gasteiger partial charge in [0.25, 0.3) is 0 Å². The molecule has 0 aromatic heterocycles. The highest BCUT2D eigenvalue weighted by Gasteiger charge is 2.38. The van der Waals surface area contributed by atoms with Gasteiger partial charge in [0.1, 0.15) is 23.0 Å². The van der Waals surface area contributed by atoms with Gasteiger partial charge in [-0.25, -0.2) is 0 Å². The lowest BCUT2D eigenvalue weighted by Crippen LogP contribution is -2.34. The summed E-state index contributed by atoms with van der Waals surface area (Å²) in [4.78, 5) is 0. The van der Waals surface area contributed by atoms with Crippen molar-refractivity contribution in [3.05, 3.63) is 126 Å². The summed E-state index contributed by atoms with van der Waals surface area (Å²) >= 11 is 0. The van der Waals surface area contributed by atoms with E-state index >= 15 is 0 Å². The van der Waals surface area contributed by atoms with E-state index in [9.17, 15) is 0 Å². The van der Waals surface area contributed by atoms with Crippen LogP contribution >= 0.6 is 0 Å². The minimum absolute atomic E-state index is 0.782. The predicted octanol–water partition coefficient (Wildman–Crippen LogP) is 7.88. The molecule has 4 nitrogen and oxygen atoms in total. The van der Waals surface area contributed by atoms with Crippen LogP contribution in [0, 0.1) is 0 Å². The van der Waals surface area contributed by atoms with Crippen molar-refractivity contribution in [2.75, 3.05) is 21.3 Å². The molecule has 6 rings (SSSR count). The average molecular weight is 501 g/mol. The van der Waals surface area contributed by atoms with Gasteiger partial charge in [0.05, 0.1) is 21.3 Å². The molecular formula is C34H28O4. The molecule has 38 heavy (non-hydrogen) atoms. The Kier molecular flexibility index (Phi) is 6.01. The van der Waals surface area contributed by atoms with Gasteiger partial charge in [-0.3, -0.25) is 0 Å². The molecule has 0 aliphatic carbocycles. The molecule has 0 fully saturated rings. The molecule has 1 heterocycles. The first-order valence-electron chi connectivity index (χ1n) is 12.5. The summed E-state index contributed by atoms with van der Waals surface area (Å²) in [6, 6.07) is 34.9. The largest absolute Gasteiger partial charge is 0.497 e. The zero-order chi connectivity index (χ0) is 26.1. The Hall–Kier alpha value is -4.70. The molecule has 0 radical (unpaired) electrons. The first-order valence-corrected chi connectivity index (χ1v) is 12.5. The van der Waals surface area contributed by atoms with Crippen molar-refractivity contribution in [1.29, 1.82) is 0 Å². The number of ether oxygens (including phenoxy) is 4. The summed E-state index contributed by atoms with van der Waals surface area (Å²) in [7, 11) is 5.03. The van der Waals surface area contributed by atoms with Crippen LogP contribution in [-0.4, -0.2) is 21.3 Å². The molecule has 1 aliphatic heterocycles. The number of benzene rings is 5. The van der Waals surface area contributed by atoms with Crippen molar-refractivity contribution < 1.29 is 18.9 Å². The first kappa shape index (κ1) is 23.7. The van der Waals surface area contributed by atoms with Gasteiger partial charge < -0.3 is 18.9 Å². The van der Waals surface area contributed by atoms with Gasteiger partial charge in [-0.2, -0.15) is 0 Å². The van der Waals surface area contributed by atoms with Gasteiger partial charge in [0.2, 0.25) is 0 Å². The van der Waals surface area contributed by atoms with Crippen LogP contribution in [0.25, 0.3) is 28.0 Å². The van der Waals surface area contributed by atoms with E-state index in [-0.39, 0.29) is 0 Å². The summed E-state index contributed by atoms with van der Waals surface area (Å²) in [5.74, 6) is 3.18. The SMILES string of the molecule is COc1ccc(C2(c3ccc(OC)cc3)C=Cc3c(-c4ccccc4)cc4ccc(OC)cc4c3O2)cc1. The van der Waals surface area contributed by atoms with Crippen LogP contribution in [0.1, 0.15) is 16.7 Å². The minimum Gasteiger partial charge on any atom is -0.497 e. The summed E-state index contributed by atoms with van der Waals surface area (Å²) in [6.07, 6.45) is 4.34. The Morgan fingerprint density at radius 3 is 1.76 bits per heavy atom. The molecule has 4 heteroatoms. The van der Waals surface area contributed by atoms with Gasteiger partial charge in [0, 0.05) is 22.1 Å².